The molecule has 0 aliphatic heterocycles. The van der Waals surface area contributed by atoms with Crippen LogP contribution in [0.3, 0.4) is 0 Å². The number of thiocarbonyl (C=S) groups is 1. The third-order valence-corrected chi connectivity index (χ3v) is 2.08. The van der Waals surface area contributed by atoms with Crippen molar-refractivity contribution in [2.75, 3.05) is 0 Å². The fraction of sp³-hybridized carbons (Fsp3) is 0.125. The first kappa shape index (κ1) is 8.60. The molecule has 0 aliphatic rings. The highest BCUT2D eigenvalue weighted by Gasteiger charge is 2.01. The van der Waals surface area contributed by atoms with Crippen molar-refractivity contribution in [2.24, 2.45) is 4.99 Å². The lowest BCUT2D eigenvalue weighted by Gasteiger charge is -2.00. The zero-order valence-corrected chi connectivity index (χ0v) is 8.10. The summed E-state index contributed by atoms with van der Waals surface area (Å²) in [6.45, 7) is 0. The maximum Gasteiger partial charge on any atom is 0.140 e. The van der Waals surface area contributed by atoms with Crippen LogP contribution in [0, 0.1) is 0 Å². The van der Waals surface area contributed by atoms with E-state index < -0.39 is 0 Å². The monoisotopic (exact) mass is 227 g/mol. The van der Waals surface area contributed by atoms with E-state index in [0.29, 0.717) is 0 Å². The maximum absolute atomic E-state index is 4.48. The molecular formula is C8H6BrNS. The normalized spacial score (nSPS) is 11.7. The Morgan fingerprint density at radius 1 is 1.36 bits per heavy atom. The van der Waals surface area contributed by atoms with Crippen LogP contribution in [0.4, 0.5) is 0 Å². The molecule has 0 amide bonds. The van der Waals surface area contributed by atoms with Gasteiger partial charge in [0.05, 0.1) is 5.16 Å². The lowest BCUT2D eigenvalue weighted by atomic mass is 10.2. The van der Waals surface area contributed by atoms with Crippen molar-refractivity contribution in [2.45, 2.75) is 4.95 Å². The molecule has 0 heterocycles. The van der Waals surface area contributed by atoms with Gasteiger partial charge in [0, 0.05) is 0 Å². The average Bonchev–Trinajstić information content (AvgIpc) is 2.07. The smallest absolute Gasteiger partial charge is 0.140 e. The standard InChI is InChI=1S/C8H6BrNS/c9-8(10-6-11)7-4-2-1-3-5-7/h1-5,8H. The fourth-order valence-electron chi connectivity index (χ4n) is 0.733. The number of aliphatic imine (C=N–C) groups is 1. The van der Waals surface area contributed by atoms with Gasteiger partial charge in [-0.3, -0.25) is 0 Å². The molecule has 1 rings (SSSR count). The molecule has 11 heavy (non-hydrogen) atoms. The first-order chi connectivity index (χ1) is 5.34. The minimum absolute atomic E-state index is 0.0544. The van der Waals surface area contributed by atoms with E-state index in [9.17, 15) is 0 Å². The van der Waals surface area contributed by atoms with Gasteiger partial charge in [-0.05, 0) is 17.8 Å². The minimum atomic E-state index is -0.0544. The van der Waals surface area contributed by atoms with E-state index in [0.717, 1.165) is 5.56 Å². The highest BCUT2D eigenvalue weighted by atomic mass is 79.9. The van der Waals surface area contributed by atoms with Crippen molar-refractivity contribution in [1.29, 1.82) is 0 Å². The molecule has 1 aromatic carbocycles. The summed E-state index contributed by atoms with van der Waals surface area (Å²) in [5.41, 5.74) is 1.09. The molecule has 0 aromatic heterocycles. The Labute approximate surface area is 79.3 Å². The first-order valence-corrected chi connectivity index (χ1v) is 4.43. The summed E-state index contributed by atoms with van der Waals surface area (Å²) in [6.07, 6.45) is 0. The minimum Gasteiger partial charge on any atom is -0.213 e. The molecule has 0 saturated carbocycles. The van der Waals surface area contributed by atoms with Crippen molar-refractivity contribution in [3.05, 3.63) is 35.9 Å². The Morgan fingerprint density at radius 3 is 2.55 bits per heavy atom. The van der Waals surface area contributed by atoms with Gasteiger partial charge in [-0.15, -0.1) is 0 Å². The van der Waals surface area contributed by atoms with Gasteiger partial charge in [-0.2, -0.15) is 0 Å². The lowest BCUT2D eigenvalue weighted by Crippen LogP contribution is -1.82. The summed E-state index contributed by atoms with van der Waals surface area (Å²) in [6, 6.07) is 9.85. The molecule has 1 nitrogen and oxygen atoms in total. The average molecular weight is 228 g/mol. The molecule has 0 bridgehead atoms. The summed E-state index contributed by atoms with van der Waals surface area (Å²) in [5, 5.41) is 2.33. The van der Waals surface area contributed by atoms with Crippen LogP contribution in [0.15, 0.2) is 35.3 Å². The number of nitrogens with zero attached hydrogens (tertiary/aromatic N) is 1. The molecule has 0 fully saturated rings. The Kier molecular flexibility index (Phi) is 3.43. The van der Waals surface area contributed by atoms with E-state index in [1.165, 1.54) is 0 Å². The van der Waals surface area contributed by atoms with Crippen molar-refractivity contribution in [3.8, 4) is 0 Å². The molecule has 0 saturated heterocycles. The van der Waals surface area contributed by atoms with Crippen LogP contribution >= 0.6 is 28.1 Å². The zero-order chi connectivity index (χ0) is 8.10. The number of benzene rings is 1. The third kappa shape index (κ3) is 2.54. The van der Waals surface area contributed by atoms with Crippen LogP contribution in [-0.2, 0) is 0 Å². The molecule has 56 valence electrons. The van der Waals surface area contributed by atoms with Gasteiger partial charge in [0.1, 0.15) is 4.95 Å². The van der Waals surface area contributed by atoms with Crippen LogP contribution in [0.1, 0.15) is 10.5 Å². The van der Waals surface area contributed by atoms with Crippen LogP contribution in [-0.4, -0.2) is 5.16 Å². The number of halogens is 1. The van der Waals surface area contributed by atoms with E-state index >= 15 is 0 Å². The zero-order valence-electron chi connectivity index (χ0n) is 5.70. The second-order valence-electron chi connectivity index (χ2n) is 1.97. The summed E-state index contributed by atoms with van der Waals surface area (Å²) in [5.74, 6) is 0. The summed E-state index contributed by atoms with van der Waals surface area (Å²) in [7, 11) is 0. The van der Waals surface area contributed by atoms with Crippen LogP contribution in [0.25, 0.3) is 0 Å². The van der Waals surface area contributed by atoms with Crippen LogP contribution in [0.2, 0.25) is 0 Å². The molecule has 0 spiro atoms. The van der Waals surface area contributed by atoms with Gasteiger partial charge in [0.25, 0.3) is 0 Å². The van der Waals surface area contributed by atoms with E-state index in [1.54, 1.807) is 0 Å². The van der Waals surface area contributed by atoms with Gasteiger partial charge >= 0.3 is 0 Å². The molecule has 3 heteroatoms. The van der Waals surface area contributed by atoms with Crippen molar-refractivity contribution in [1.82, 2.24) is 0 Å². The topological polar surface area (TPSA) is 12.4 Å². The Bertz CT molecular complexity index is 267. The summed E-state index contributed by atoms with van der Waals surface area (Å²) >= 11 is 7.83. The Balaban J connectivity index is 2.84. The predicted molar refractivity (Wildman–Crippen MR) is 53.1 cm³/mol. The Hall–Kier alpha value is -0.500. The van der Waals surface area contributed by atoms with Gasteiger partial charge in [0.15, 0.2) is 0 Å². The lowest BCUT2D eigenvalue weighted by molar-refractivity contribution is 1.07. The summed E-state index contributed by atoms with van der Waals surface area (Å²) in [4.78, 5) is 3.82. The third-order valence-electron chi connectivity index (χ3n) is 1.24. The van der Waals surface area contributed by atoms with Crippen molar-refractivity contribution in [3.63, 3.8) is 0 Å². The molecule has 0 aliphatic carbocycles. The number of hydrogen-bond donors (Lipinski definition) is 0. The molecular weight excluding hydrogens is 222 g/mol. The SMILES string of the molecule is S=C=NC(Br)c1ccccc1. The van der Waals surface area contributed by atoms with Crippen LogP contribution in [0.5, 0.6) is 0 Å². The second-order valence-corrected chi connectivity index (χ2v) is 3.02. The highest BCUT2D eigenvalue weighted by molar-refractivity contribution is 9.09. The Morgan fingerprint density at radius 2 is 2.00 bits per heavy atom. The van der Waals surface area contributed by atoms with E-state index in [2.05, 4.69) is 38.3 Å². The van der Waals surface area contributed by atoms with Crippen molar-refractivity contribution >= 4 is 33.3 Å². The van der Waals surface area contributed by atoms with Gasteiger partial charge in [-0.1, -0.05) is 46.3 Å². The number of hydrogen-bond acceptors (Lipinski definition) is 2. The molecule has 1 aromatic rings. The van der Waals surface area contributed by atoms with E-state index in [4.69, 9.17) is 0 Å². The first-order valence-electron chi connectivity index (χ1n) is 3.10. The predicted octanol–water partition coefficient (Wildman–Crippen LogP) is 3.18. The number of isothiocyanates is 1. The van der Waals surface area contributed by atoms with E-state index in [1.807, 2.05) is 30.3 Å². The van der Waals surface area contributed by atoms with Gasteiger partial charge in [-0.25, -0.2) is 4.99 Å². The van der Waals surface area contributed by atoms with Crippen LogP contribution < -0.4 is 0 Å². The quantitative estimate of drug-likeness (QED) is 0.327. The largest absolute Gasteiger partial charge is 0.213 e. The van der Waals surface area contributed by atoms with Gasteiger partial charge in [0.2, 0.25) is 0 Å². The van der Waals surface area contributed by atoms with Crippen molar-refractivity contribution < 1.29 is 0 Å². The van der Waals surface area contributed by atoms with Gasteiger partial charge < -0.3 is 0 Å². The summed E-state index contributed by atoms with van der Waals surface area (Å²) < 4.78 is 0. The molecule has 0 radical (unpaired) electrons. The second kappa shape index (κ2) is 4.39. The molecule has 0 N–H and O–H groups in total. The maximum atomic E-state index is 4.48. The fourth-order valence-corrected chi connectivity index (χ4v) is 1.38. The van der Waals surface area contributed by atoms with E-state index in [-0.39, 0.29) is 4.95 Å². The molecule has 1 unspecified atom stereocenters. The number of alkyl halides is 1. The number of rotatable bonds is 2. The molecule has 1 atom stereocenters. The highest BCUT2D eigenvalue weighted by Crippen LogP contribution is 2.22.